The number of allylic oxidation sites excluding steroid dienone is 2. The highest BCUT2D eigenvalue weighted by Crippen LogP contribution is 2.05. The molecule has 0 rings (SSSR count). The molecule has 0 saturated carbocycles. The van der Waals surface area contributed by atoms with E-state index in [9.17, 15) is 10.1 Å². The Morgan fingerprint density at radius 1 is 1.90 bits per heavy atom. The number of hydrogen-bond donors (Lipinski definition) is 0. The van der Waals surface area contributed by atoms with Crippen molar-refractivity contribution in [2.75, 3.05) is 0 Å². The molecule has 0 aliphatic rings. The lowest BCUT2D eigenvalue weighted by Crippen LogP contribution is -1.99. The van der Waals surface area contributed by atoms with Crippen LogP contribution in [0.25, 0.3) is 0 Å². The van der Waals surface area contributed by atoms with E-state index in [0.717, 1.165) is 5.47 Å². The predicted molar refractivity (Wildman–Crippen MR) is 43.1 cm³/mol. The Bertz CT molecular complexity index is 186. The average molecular weight is 139 g/mol. The minimum Gasteiger partial charge on any atom is -0.258 e. The van der Waals surface area contributed by atoms with Crippen LogP contribution in [0.5, 0.6) is 0 Å². The molecular formula is C6H10BNO2. The van der Waals surface area contributed by atoms with Crippen molar-refractivity contribution >= 4 is 7.85 Å². The van der Waals surface area contributed by atoms with Crippen LogP contribution in [-0.4, -0.2) is 12.8 Å². The molecule has 0 saturated heterocycles. The van der Waals surface area contributed by atoms with Gasteiger partial charge in [0.2, 0.25) is 0 Å². The first-order valence-corrected chi connectivity index (χ1v) is 3.10. The molecule has 0 unspecified atom stereocenters. The fourth-order valence-corrected chi connectivity index (χ4v) is 0.586. The zero-order valence-electron chi connectivity index (χ0n) is 6.26. The highest BCUT2D eigenvalue weighted by atomic mass is 16.6. The van der Waals surface area contributed by atoms with Gasteiger partial charge in [-0.15, -0.1) is 0 Å². The van der Waals surface area contributed by atoms with Crippen molar-refractivity contribution < 1.29 is 4.92 Å². The summed E-state index contributed by atoms with van der Waals surface area (Å²) in [6.07, 6.45) is 1.97. The van der Waals surface area contributed by atoms with Gasteiger partial charge in [-0.05, 0) is 11.9 Å². The minimum atomic E-state index is -0.411. The quantitative estimate of drug-likeness (QED) is 0.250. The average Bonchev–Trinajstić information content (AvgIpc) is 1.88. The van der Waals surface area contributed by atoms with E-state index in [0.29, 0.717) is 6.42 Å². The van der Waals surface area contributed by atoms with Gasteiger partial charge in [0.1, 0.15) is 7.85 Å². The third-order valence-electron chi connectivity index (χ3n) is 1.36. The Kier molecular flexibility index (Phi) is 3.47. The second kappa shape index (κ2) is 3.87. The molecular weight excluding hydrogens is 129 g/mol. The Morgan fingerprint density at radius 2 is 2.40 bits per heavy atom. The summed E-state index contributed by atoms with van der Waals surface area (Å²) in [7, 11) is 1.74. The third kappa shape index (κ3) is 2.05. The molecule has 0 aromatic heterocycles. The normalized spacial score (nSPS) is 12.1. The van der Waals surface area contributed by atoms with Gasteiger partial charge in [-0.25, -0.2) is 0 Å². The molecule has 0 fully saturated rings. The molecule has 3 nitrogen and oxygen atoms in total. The highest BCUT2D eigenvalue weighted by molar-refractivity contribution is 6.21. The molecule has 4 heteroatoms. The molecule has 54 valence electrons. The Hall–Kier alpha value is -1.06. The van der Waals surface area contributed by atoms with Gasteiger partial charge in [-0.2, -0.15) is 0 Å². The second-order valence-electron chi connectivity index (χ2n) is 1.98. The van der Waals surface area contributed by atoms with Crippen molar-refractivity contribution in [1.82, 2.24) is 0 Å². The summed E-state index contributed by atoms with van der Waals surface area (Å²) in [5.41, 5.74) is 0.891. The van der Waals surface area contributed by atoms with E-state index in [1.807, 2.05) is 6.92 Å². The van der Waals surface area contributed by atoms with E-state index in [2.05, 4.69) is 6.58 Å². The van der Waals surface area contributed by atoms with Gasteiger partial charge in [0.15, 0.2) is 0 Å². The van der Waals surface area contributed by atoms with Gasteiger partial charge in [0, 0.05) is 6.08 Å². The van der Waals surface area contributed by atoms with Gasteiger partial charge < -0.3 is 0 Å². The lowest BCUT2D eigenvalue weighted by atomic mass is 9.91. The summed E-state index contributed by atoms with van der Waals surface area (Å²) in [4.78, 5) is 9.80. The van der Waals surface area contributed by atoms with E-state index in [4.69, 9.17) is 0 Å². The fourth-order valence-electron chi connectivity index (χ4n) is 0.586. The van der Waals surface area contributed by atoms with Crippen molar-refractivity contribution in [3.63, 3.8) is 0 Å². The Labute approximate surface area is 61.0 Å². The predicted octanol–water partition coefficient (Wildman–Crippen LogP) is 0.704. The van der Waals surface area contributed by atoms with Crippen LogP contribution in [0, 0.1) is 10.1 Å². The topological polar surface area (TPSA) is 43.1 Å². The van der Waals surface area contributed by atoms with Gasteiger partial charge in [-0.1, -0.05) is 13.5 Å². The molecule has 0 spiro atoms. The molecule has 0 heterocycles. The maximum Gasteiger partial charge on any atom is 0.258 e. The lowest BCUT2D eigenvalue weighted by Gasteiger charge is -1.94. The van der Waals surface area contributed by atoms with Gasteiger partial charge in [0.05, 0.1) is 4.92 Å². The van der Waals surface area contributed by atoms with Crippen LogP contribution >= 0.6 is 0 Å². The fraction of sp³-hybridized carbons (Fsp3) is 0.333. The Balaban J connectivity index is 4.62. The standard InChI is InChI=1S/C6H10BNO2/c1-3-5(7)6(4-2)8(9)10/h4H,2-3,7H2,1H3/b6-5-. The van der Waals surface area contributed by atoms with E-state index in [1.165, 1.54) is 6.08 Å². The summed E-state index contributed by atoms with van der Waals surface area (Å²) >= 11 is 0. The van der Waals surface area contributed by atoms with Crippen molar-refractivity contribution in [3.8, 4) is 0 Å². The zero-order chi connectivity index (χ0) is 8.15. The van der Waals surface area contributed by atoms with Crippen LogP contribution < -0.4 is 0 Å². The maximum atomic E-state index is 10.2. The molecule has 0 N–H and O–H groups in total. The number of nitro groups is 1. The SMILES string of the molecule is B/C(CC)=C(/C=C)[N+](=O)[O-]. The highest BCUT2D eigenvalue weighted by Gasteiger charge is 2.07. The third-order valence-corrected chi connectivity index (χ3v) is 1.36. The maximum absolute atomic E-state index is 10.2. The monoisotopic (exact) mass is 139 g/mol. The summed E-state index contributed by atoms with van der Waals surface area (Å²) in [5, 5.41) is 10.2. The molecule has 0 bridgehead atoms. The molecule has 0 aromatic rings. The summed E-state index contributed by atoms with van der Waals surface area (Å²) < 4.78 is 0. The zero-order valence-corrected chi connectivity index (χ0v) is 6.26. The molecule has 10 heavy (non-hydrogen) atoms. The second-order valence-corrected chi connectivity index (χ2v) is 1.98. The van der Waals surface area contributed by atoms with Crippen LogP contribution in [0.3, 0.4) is 0 Å². The molecule has 0 aliphatic heterocycles. The van der Waals surface area contributed by atoms with Crippen LogP contribution in [0.15, 0.2) is 23.8 Å². The number of hydrogen-bond acceptors (Lipinski definition) is 2. The molecule has 0 aromatic carbocycles. The minimum absolute atomic E-state index is 0.127. The van der Waals surface area contributed by atoms with Crippen molar-refractivity contribution in [2.45, 2.75) is 13.3 Å². The first-order chi connectivity index (χ1) is 4.63. The summed E-state index contributed by atoms with van der Waals surface area (Å²) in [5.74, 6) is 0. The summed E-state index contributed by atoms with van der Waals surface area (Å²) in [6.45, 7) is 5.23. The molecule has 0 atom stereocenters. The number of rotatable bonds is 3. The van der Waals surface area contributed by atoms with Crippen LogP contribution in [-0.2, 0) is 0 Å². The summed E-state index contributed by atoms with van der Waals surface area (Å²) in [6, 6.07) is 0. The first-order valence-electron chi connectivity index (χ1n) is 3.10. The van der Waals surface area contributed by atoms with Gasteiger partial charge in [-0.3, -0.25) is 10.1 Å². The molecule has 0 radical (unpaired) electrons. The largest absolute Gasteiger partial charge is 0.258 e. The van der Waals surface area contributed by atoms with E-state index in [-0.39, 0.29) is 5.70 Å². The smallest absolute Gasteiger partial charge is 0.258 e. The van der Waals surface area contributed by atoms with E-state index in [1.54, 1.807) is 7.85 Å². The molecule has 0 aliphatic carbocycles. The van der Waals surface area contributed by atoms with Crippen LogP contribution in [0.2, 0.25) is 0 Å². The Morgan fingerprint density at radius 3 is 2.50 bits per heavy atom. The number of nitrogens with zero attached hydrogens (tertiary/aromatic N) is 1. The molecule has 0 amide bonds. The van der Waals surface area contributed by atoms with Crippen molar-refractivity contribution in [2.24, 2.45) is 0 Å². The van der Waals surface area contributed by atoms with E-state index < -0.39 is 4.92 Å². The van der Waals surface area contributed by atoms with Crippen LogP contribution in [0.4, 0.5) is 0 Å². The van der Waals surface area contributed by atoms with Gasteiger partial charge >= 0.3 is 0 Å². The van der Waals surface area contributed by atoms with Gasteiger partial charge in [0.25, 0.3) is 5.70 Å². The van der Waals surface area contributed by atoms with Crippen LogP contribution in [0.1, 0.15) is 13.3 Å². The van der Waals surface area contributed by atoms with Crippen molar-refractivity contribution in [3.05, 3.63) is 33.9 Å². The first kappa shape index (κ1) is 8.94. The van der Waals surface area contributed by atoms with Crippen molar-refractivity contribution in [1.29, 1.82) is 0 Å². The lowest BCUT2D eigenvalue weighted by molar-refractivity contribution is -0.419. The van der Waals surface area contributed by atoms with E-state index >= 15 is 0 Å².